The van der Waals surface area contributed by atoms with E-state index in [1.807, 2.05) is 12.1 Å². The number of amides is 2. The molecular formula is C22H34N4O3. The molecule has 2 rings (SSSR count). The Labute approximate surface area is 174 Å². The Balaban J connectivity index is 1.96. The van der Waals surface area contributed by atoms with Gasteiger partial charge in [0.15, 0.2) is 0 Å². The Morgan fingerprint density at radius 1 is 0.759 bits per heavy atom. The van der Waals surface area contributed by atoms with Crippen molar-refractivity contribution in [3.05, 3.63) is 0 Å². The minimum atomic E-state index is -0.280. The summed E-state index contributed by atoms with van der Waals surface area (Å²) in [5, 5.41) is 22.9. The number of nitrogens with zero attached hydrogens (tertiary/aromatic N) is 2. The number of nitriles is 2. The van der Waals surface area contributed by atoms with Gasteiger partial charge in [-0.1, -0.05) is 38.5 Å². The van der Waals surface area contributed by atoms with Crippen LogP contribution in [0, 0.1) is 46.3 Å². The standard InChI is InChI=1S/C22H34N4O3/c23-11-13-25-21(27)19(17-7-3-1-4-8-17)15-29-16-20(22(28)26-14-12-24)18-9-5-2-6-10-18/h17-20H,1-10,13-16H2,(H,25,27)(H,26,28). The van der Waals surface area contributed by atoms with E-state index in [2.05, 4.69) is 10.6 Å². The van der Waals surface area contributed by atoms with Gasteiger partial charge in [-0.3, -0.25) is 9.59 Å². The Morgan fingerprint density at radius 3 is 1.48 bits per heavy atom. The van der Waals surface area contributed by atoms with Crippen LogP contribution in [-0.4, -0.2) is 38.1 Å². The van der Waals surface area contributed by atoms with Crippen molar-refractivity contribution in [3.63, 3.8) is 0 Å². The van der Waals surface area contributed by atoms with Crippen LogP contribution < -0.4 is 10.6 Å². The van der Waals surface area contributed by atoms with Crippen molar-refractivity contribution >= 4 is 11.8 Å². The molecule has 0 saturated heterocycles. The normalized spacial score (nSPS) is 20.1. The molecule has 0 bridgehead atoms. The number of rotatable bonds is 10. The number of ether oxygens (including phenoxy) is 1. The quantitative estimate of drug-likeness (QED) is 0.545. The van der Waals surface area contributed by atoms with Gasteiger partial charge in [-0.2, -0.15) is 10.5 Å². The van der Waals surface area contributed by atoms with Crippen LogP contribution in [0.3, 0.4) is 0 Å². The van der Waals surface area contributed by atoms with Gasteiger partial charge in [0, 0.05) is 0 Å². The maximum Gasteiger partial charge on any atom is 0.226 e. The Bertz CT molecular complexity index is 546. The number of carbonyl (C=O) groups excluding carboxylic acids is 2. The molecule has 0 aromatic rings. The van der Waals surface area contributed by atoms with Crippen LogP contribution >= 0.6 is 0 Å². The molecule has 2 atom stereocenters. The summed E-state index contributed by atoms with van der Waals surface area (Å²) >= 11 is 0. The largest absolute Gasteiger partial charge is 0.380 e. The predicted octanol–water partition coefficient (Wildman–Crippen LogP) is 2.68. The molecule has 2 aliphatic carbocycles. The average Bonchev–Trinajstić information content (AvgIpc) is 2.77. The molecule has 2 saturated carbocycles. The lowest BCUT2D eigenvalue weighted by atomic mass is 9.79. The van der Waals surface area contributed by atoms with Crippen molar-refractivity contribution < 1.29 is 14.3 Å². The van der Waals surface area contributed by atoms with Gasteiger partial charge in [0.05, 0.1) is 37.2 Å². The first-order chi connectivity index (χ1) is 14.2. The van der Waals surface area contributed by atoms with Crippen molar-refractivity contribution in [2.45, 2.75) is 64.2 Å². The summed E-state index contributed by atoms with van der Waals surface area (Å²) in [6.07, 6.45) is 10.9. The maximum atomic E-state index is 12.6. The molecule has 29 heavy (non-hydrogen) atoms. The molecule has 7 nitrogen and oxygen atoms in total. The van der Waals surface area contributed by atoms with E-state index in [-0.39, 0.29) is 61.8 Å². The topological polar surface area (TPSA) is 115 Å². The minimum absolute atomic E-state index is 0.00329. The molecule has 2 amide bonds. The van der Waals surface area contributed by atoms with E-state index in [1.165, 1.54) is 12.8 Å². The first kappa shape index (κ1) is 23.2. The zero-order valence-corrected chi connectivity index (χ0v) is 17.3. The summed E-state index contributed by atoms with van der Waals surface area (Å²) in [5.41, 5.74) is 0. The number of carbonyl (C=O) groups is 2. The van der Waals surface area contributed by atoms with Crippen LogP contribution in [0.2, 0.25) is 0 Å². The molecule has 7 heteroatoms. The summed E-state index contributed by atoms with van der Waals surface area (Å²) in [4.78, 5) is 25.2. The van der Waals surface area contributed by atoms with E-state index in [4.69, 9.17) is 15.3 Å². The zero-order valence-electron chi connectivity index (χ0n) is 17.3. The molecule has 2 N–H and O–H groups in total. The van der Waals surface area contributed by atoms with Gasteiger partial charge in [0.25, 0.3) is 0 Å². The molecule has 2 fully saturated rings. The van der Waals surface area contributed by atoms with Crippen LogP contribution in [0.15, 0.2) is 0 Å². The molecule has 0 spiro atoms. The molecule has 0 aliphatic heterocycles. The van der Waals surface area contributed by atoms with E-state index >= 15 is 0 Å². The van der Waals surface area contributed by atoms with Gasteiger partial charge in [-0.15, -0.1) is 0 Å². The van der Waals surface area contributed by atoms with Gasteiger partial charge in [0.1, 0.15) is 13.1 Å². The minimum Gasteiger partial charge on any atom is -0.380 e. The van der Waals surface area contributed by atoms with Crippen molar-refractivity contribution in [2.24, 2.45) is 23.7 Å². The Kier molecular flexibility index (Phi) is 10.5. The van der Waals surface area contributed by atoms with E-state index in [0.29, 0.717) is 0 Å². The molecule has 160 valence electrons. The first-order valence-corrected chi connectivity index (χ1v) is 11.0. The van der Waals surface area contributed by atoms with Gasteiger partial charge in [-0.25, -0.2) is 0 Å². The second kappa shape index (κ2) is 13.2. The second-order valence-electron chi connectivity index (χ2n) is 8.30. The highest BCUT2D eigenvalue weighted by Crippen LogP contribution is 2.32. The molecule has 0 heterocycles. The fourth-order valence-electron chi connectivity index (χ4n) is 4.76. The maximum absolute atomic E-state index is 12.6. The van der Waals surface area contributed by atoms with Gasteiger partial charge in [0.2, 0.25) is 11.8 Å². The molecule has 0 radical (unpaired) electrons. The third kappa shape index (κ3) is 7.66. The molecule has 2 aliphatic rings. The van der Waals surface area contributed by atoms with E-state index in [9.17, 15) is 9.59 Å². The number of nitrogens with one attached hydrogen (secondary N) is 2. The number of hydrogen-bond donors (Lipinski definition) is 2. The van der Waals surface area contributed by atoms with Gasteiger partial charge >= 0.3 is 0 Å². The monoisotopic (exact) mass is 402 g/mol. The molecular weight excluding hydrogens is 368 g/mol. The molecule has 0 aromatic carbocycles. The highest BCUT2D eigenvalue weighted by molar-refractivity contribution is 5.80. The van der Waals surface area contributed by atoms with E-state index in [1.54, 1.807) is 0 Å². The average molecular weight is 403 g/mol. The van der Waals surface area contributed by atoms with Crippen molar-refractivity contribution in [3.8, 4) is 12.1 Å². The zero-order chi connectivity index (χ0) is 20.9. The second-order valence-corrected chi connectivity index (χ2v) is 8.30. The predicted molar refractivity (Wildman–Crippen MR) is 108 cm³/mol. The summed E-state index contributed by atoms with van der Waals surface area (Å²) in [6.45, 7) is 0.556. The summed E-state index contributed by atoms with van der Waals surface area (Å²) in [5.74, 6) is -0.273. The summed E-state index contributed by atoms with van der Waals surface area (Å²) in [6, 6.07) is 3.91. The van der Waals surface area contributed by atoms with Gasteiger partial charge in [-0.05, 0) is 37.5 Å². The lowest BCUT2D eigenvalue weighted by Gasteiger charge is -2.31. The first-order valence-electron chi connectivity index (χ1n) is 11.0. The van der Waals surface area contributed by atoms with E-state index < -0.39 is 0 Å². The van der Waals surface area contributed by atoms with E-state index in [0.717, 1.165) is 51.4 Å². The van der Waals surface area contributed by atoms with Crippen molar-refractivity contribution in [1.29, 1.82) is 10.5 Å². The van der Waals surface area contributed by atoms with Crippen molar-refractivity contribution in [1.82, 2.24) is 10.6 Å². The Morgan fingerprint density at radius 2 is 1.14 bits per heavy atom. The molecule has 0 aromatic heterocycles. The fourth-order valence-corrected chi connectivity index (χ4v) is 4.76. The van der Waals surface area contributed by atoms with Crippen LogP contribution in [0.1, 0.15) is 64.2 Å². The smallest absolute Gasteiger partial charge is 0.226 e. The van der Waals surface area contributed by atoms with Crippen LogP contribution in [-0.2, 0) is 14.3 Å². The molecule has 2 unspecified atom stereocenters. The van der Waals surface area contributed by atoms with Gasteiger partial charge < -0.3 is 15.4 Å². The van der Waals surface area contributed by atoms with Crippen LogP contribution in [0.4, 0.5) is 0 Å². The van der Waals surface area contributed by atoms with Crippen LogP contribution in [0.25, 0.3) is 0 Å². The SMILES string of the molecule is N#CCNC(=O)C(COCC(C(=O)NCC#N)C1CCCCC1)C1CCCCC1. The number of hydrogen-bond acceptors (Lipinski definition) is 5. The lowest BCUT2D eigenvalue weighted by Crippen LogP contribution is -2.41. The Hall–Kier alpha value is -2.12. The van der Waals surface area contributed by atoms with Crippen molar-refractivity contribution in [2.75, 3.05) is 26.3 Å². The highest BCUT2D eigenvalue weighted by atomic mass is 16.5. The highest BCUT2D eigenvalue weighted by Gasteiger charge is 2.32. The fraction of sp³-hybridized carbons (Fsp3) is 0.818. The van der Waals surface area contributed by atoms with Crippen LogP contribution in [0.5, 0.6) is 0 Å². The third-order valence-electron chi connectivity index (χ3n) is 6.39. The summed E-state index contributed by atoms with van der Waals surface area (Å²) in [7, 11) is 0. The summed E-state index contributed by atoms with van der Waals surface area (Å²) < 4.78 is 5.98. The third-order valence-corrected chi connectivity index (χ3v) is 6.39. The lowest BCUT2D eigenvalue weighted by molar-refractivity contribution is -0.132.